The molecule has 1 aromatic carbocycles. The molecular formula is C16H24BrNO2. The van der Waals surface area contributed by atoms with Crippen LogP contribution in [0, 0.1) is 0 Å². The number of methoxy groups -OCH3 is 1. The maximum Gasteiger partial charge on any atom is 0.167 e. The van der Waals surface area contributed by atoms with Crippen molar-refractivity contribution >= 4 is 15.9 Å². The van der Waals surface area contributed by atoms with Crippen molar-refractivity contribution in [2.45, 2.75) is 57.6 Å². The van der Waals surface area contributed by atoms with Gasteiger partial charge in [-0.1, -0.05) is 35.2 Å². The molecule has 4 heteroatoms. The molecule has 0 unspecified atom stereocenters. The molecule has 0 saturated heterocycles. The molecule has 1 aliphatic carbocycles. The summed E-state index contributed by atoms with van der Waals surface area (Å²) in [7, 11) is 1.67. The second-order valence-corrected chi connectivity index (χ2v) is 6.69. The SMILES string of the molecule is COc1ccc(Br)c(C2(N)CCCCC2)c1OC(C)C. The van der Waals surface area contributed by atoms with Gasteiger partial charge in [-0.3, -0.25) is 0 Å². The molecule has 2 N–H and O–H groups in total. The third kappa shape index (κ3) is 3.12. The highest BCUT2D eigenvalue weighted by molar-refractivity contribution is 9.10. The highest BCUT2D eigenvalue weighted by Gasteiger charge is 2.35. The molecule has 0 atom stereocenters. The quantitative estimate of drug-likeness (QED) is 0.884. The molecule has 0 aromatic heterocycles. The summed E-state index contributed by atoms with van der Waals surface area (Å²) in [6, 6.07) is 3.93. The maximum atomic E-state index is 6.72. The summed E-state index contributed by atoms with van der Waals surface area (Å²) in [6.07, 6.45) is 5.67. The lowest BCUT2D eigenvalue weighted by Crippen LogP contribution is -2.39. The van der Waals surface area contributed by atoms with E-state index in [1.54, 1.807) is 7.11 Å². The first kappa shape index (κ1) is 15.6. The molecule has 1 fully saturated rings. The number of benzene rings is 1. The molecule has 1 saturated carbocycles. The molecule has 0 amide bonds. The third-order valence-electron chi connectivity index (χ3n) is 3.89. The van der Waals surface area contributed by atoms with E-state index in [0.717, 1.165) is 34.4 Å². The highest BCUT2D eigenvalue weighted by atomic mass is 79.9. The summed E-state index contributed by atoms with van der Waals surface area (Å²) in [5.41, 5.74) is 7.45. The van der Waals surface area contributed by atoms with Gasteiger partial charge in [0.15, 0.2) is 11.5 Å². The Morgan fingerprint density at radius 1 is 1.20 bits per heavy atom. The summed E-state index contributed by atoms with van der Waals surface area (Å²) in [4.78, 5) is 0. The van der Waals surface area contributed by atoms with Crippen molar-refractivity contribution in [2.24, 2.45) is 5.73 Å². The molecule has 0 heterocycles. The fraction of sp³-hybridized carbons (Fsp3) is 0.625. The van der Waals surface area contributed by atoms with E-state index >= 15 is 0 Å². The van der Waals surface area contributed by atoms with Crippen molar-refractivity contribution in [3.05, 3.63) is 22.2 Å². The van der Waals surface area contributed by atoms with Crippen LogP contribution in [0.15, 0.2) is 16.6 Å². The van der Waals surface area contributed by atoms with Crippen LogP contribution in [-0.4, -0.2) is 13.2 Å². The van der Waals surface area contributed by atoms with Gasteiger partial charge in [-0.25, -0.2) is 0 Å². The van der Waals surface area contributed by atoms with E-state index < -0.39 is 0 Å². The second-order valence-electron chi connectivity index (χ2n) is 5.84. The Kier molecular flexibility index (Phi) is 4.97. The van der Waals surface area contributed by atoms with Gasteiger partial charge in [0.2, 0.25) is 0 Å². The fourth-order valence-corrected chi connectivity index (χ4v) is 3.66. The molecular weight excluding hydrogens is 318 g/mol. The smallest absolute Gasteiger partial charge is 0.167 e. The Labute approximate surface area is 130 Å². The van der Waals surface area contributed by atoms with Gasteiger partial charge < -0.3 is 15.2 Å². The number of halogens is 1. The first-order valence-electron chi connectivity index (χ1n) is 7.30. The summed E-state index contributed by atoms with van der Waals surface area (Å²) < 4.78 is 12.5. The average Bonchev–Trinajstić information content (AvgIpc) is 2.39. The predicted molar refractivity (Wildman–Crippen MR) is 85.4 cm³/mol. The van der Waals surface area contributed by atoms with Crippen LogP contribution in [0.4, 0.5) is 0 Å². The summed E-state index contributed by atoms with van der Waals surface area (Å²) in [6.45, 7) is 4.04. The van der Waals surface area contributed by atoms with Crippen LogP contribution in [0.25, 0.3) is 0 Å². The topological polar surface area (TPSA) is 44.5 Å². The molecule has 2 rings (SSSR count). The van der Waals surface area contributed by atoms with E-state index in [0.29, 0.717) is 0 Å². The van der Waals surface area contributed by atoms with Crippen molar-refractivity contribution in [1.29, 1.82) is 0 Å². The Balaban J connectivity index is 2.53. The van der Waals surface area contributed by atoms with E-state index in [1.165, 1.54) is 19.3 Å². The first-order valence-corrected chi connectivity index (χ1v) is 8.10. The van der Waals surface area contributed by atoms with Crippen LogP contribution in [0.2, 0.25) is 0 Å². The number of rotatable bonds is 4. The van der Waals surface area contributed by atoms with Gasteiger partial charge in [0, 0.05) is 15.6 Å². The summed E-state index contributed by atoms with van der Waals surface area (Å²) in [5, 5.41) is 0. The normalized spacial score (nSPS) is 18.1. The van der Waals surface area contributed by atoms with Gasteiger partial charge in [-0.15, -0.1) is 0 Å². The predicted octanol–water partition coefficient (Wildman–Crippen LogP) is 4.36. The van der Waals surface area contributed by atoms with E-state index in [9.17, 15) is 0 Å². The number of nitrogens with two attached hydrogens (primary N) is 1. The van der Waals surface area contributed by atoms with E-state index in [2.05, 4.69) is 15.9 Å². The zero-order valence-electron chi connectivity index (χ0n) is 12.5. The lowest BCUT2D eigenvalue weighted by atomic mass is 9.77. The lowest BCUT2D eigenvalue weighted by molar-refractivity contribution is 0.213. The zero-order chi connectivity index (χ0) is 14.8. The molecule has 0 bridgehead atoms. The second kappa shape index (κ2) is 6.35. The lowest BCUT2D eigenvalue weighted by Gasteiger charge is -2.36. The molecule has 0 radical (unpaired) electrons. The summed E-state index contributed by atoms with van der Waals surface area (Å²) >= 11 is 3.66. The summed E-state index contributed by atoms with van der Waals surface area (Å²) in [5.74, 6) is 1.55. The van der Waals surface area contributed by atoms with Crippen molar-refractivity contribution in [2.75, 3.05) is 7.11 Å². The number of hydrogen-bond donors (Lipinski definition) is 1. The van der Waals surface area contributed by atoms with Crippen molar-refractivity contribution in [3.8, 4) is 11.5 Å². The van der Waals surface area contributed by atoms with Crippen LogP contribution in [0.1, 0.15) is 51.5 Å². The van der Waals surface area contributed by atoms with Gasteiger partial charge in [0.25, 0.3) is 0 Å². The van der Waals surface area contributed by atoms with Crippen molar-refractivity contribution in [1.82, 2.24) is 0 Å². The Morgan fingerprint density at radius 3 is 2.40 bits per heavy atom. The van der Waals surface area contributed by atoms with Crippen LogP contribution < -0.4 is 15.2 Å². The highest BCUT2D eigenvalue weighted by Crippen LogP contribution is 2.47. The van der Waals surface area contributed by atoms with Crippen LogP contribution >= 0.6 is 15.9 Å². The molecule has 20 heavy (non-hydrogen) atoms. The van der Waals surface area contributed by atoms with Crippen LogP contribution in [-0.2, 0) is 5.54 Å². The Bertz CT molecular complexity index is 468. The Hall–Kier alpha value is -0.740. The Morgan fingerprint density at radius 2 is 1.85 bits per heavy atom. The van der Waals surface area contributed by atoms with E-state index in [-0.39, 0.29) is 11.6 Å². The third-order valence-corrected chi connectivity index (χ3v) is 4.55. The number of hydrogen-bond acceptors (Lipinski definition) is 3. The molecule has 112 valence electrons. The van der Waals surface area contributed by atoms with Crippen molar-refractivity contribution < 1.29 is 9.47 Å². The van der Waals surface area contributed by atoms with Crippen LogP contribution in [0.5, 0.6) is 11.5 Å². The monoisotopic (exact) mass is 341 g/mol. The van der Waals surface area contributed by atoms with Gasteiger partial charge >= 0.3 is 0 Å². The van der Waals surface area contributed by atoms with E-state index in [4.69, 9.17) is 15.2 Å². The fourth-order valence-electron chi connectivity index (χ4n) is 2.95. The first-order chi connectivity index (χ1) is 9.48. The maximum absolute atomic E-state index is 6.72. The van der Waals surface area contributed by atoms with Gasteiger partial charge in [-0.2, -0.15) is 0 Å². The number of ether oxygens (including phenoxy) is 2. The largest absolute Gasteiger partial charge is 0.493 e. The molecule has 0 spiro atoms. The van der Waals surface area contributed by atoms with Crippen LogP contribution in [0.3, 0.4) is 0 Å². The average molecular weight is 342 g/mol. The minimum Gasteiger partial charge on any atom is -0.493 e. The van der Waals surface area contributed by atoms with Crippen molar-refractivity contribution in [3.63, 3.8) is 0 Å². The van der Waals surface area contributed by atoms with Gasteiger partial charge in [0.05, 0.1) is 13.2 Å². The van der Waals surface area contributed by atoms with Gasteiger partial charge in [-0.05, 0) is 38.8 Å². The van der Waals surface area contributed by atoms with Gasteiger partial charge in [0.1, 0.15) is 0 Å². The molecule has 1 aromatic rings. The van der Waals surface area contributed by atoms with E-state index in [1.807, 2.05) is 26.0 Å². The molecule has 1 aliphatic rings. The minimum atomic E-state index is -0.324. The standard InChI is InChI=1S/C16H24BrNO2/c1-11(2)20-15-13(19-3)8-7-12(17)14(15)16(18)9-5-4-6-10-16/h7-8,11H,4-6,9-10,18H2,1-3H3. The molecule has 3 nitrogen and oxygen atoms in total. The zero-order valence-corrected chi connectivity index (χ0v) is 14.1. The molecule has 0 aliphatic heterocycles. The minimum absolute atomic E-state index is 0.0872.